The maximum atomic E-state index is 12.5. The molecule has 1 rings (SSSR count). The maximum Gasteiger partial charge on any atom is 0.123 e. The summed E-state index contributed by atoms with van der Waals surface area (Å²) < 4.78 is 17.4. The molecular weight excluding hydrogens is 179 g/mol. The molecule has 0 heterocycles. The summed E-state index contributed by atoms with van der Waals surface area (Å²) in [6.07, 6.45) is 0. The third-order valence-electron chi connectivity index (χ3n) is 1.55. The number of hydrogen-bond donors (Lipinski definition) is 0. The Morgan fingerprint density at radius 1 is 1.43 bits per heavy atom. The second-order valence-electron chi connectivity index (χ2n) is 2.79. The monoisotopic (exact) mass is 190 g/mol. The van der Waals surface area contributed by atoms with Crippen LogP contribution in [0.2, 0.25) is 0 Å². The van der Waals surface area contributed by atoms with Gasteiger partial charge in [0.25, 0.3) is 0 Å². The number of ether oxygens (including phenoxy) is 1. The SMILES string of the molecule is C=C(C#Cc1ccc(F)cc1)COC. The average Bonchev–Trinajstić information content (AvgIpc) is 2.17. The van der Waals surface area contributed by atoms with Crippen LogP contribution in [-0.2, 0) is 4.74 Å². The molecule has 14 heavy (non-hydrogen) atoms. The van der Waals surface area contributed by atoms with E-state index in [2.05, 4.69) is 18.4 Å². The largest absolute Gasteiger partial charge is 0.379 e. The zero-order valence-corrected chi connectivity index (χ0v) is 8.01. The van der Waals surface area contributed by atoms with Crippen molar-refractivity contribution in [2.24, 2.45) is 0 Å². The molecule has 0 bridgehead atoms. The number of rotatable bonds is 2. The molecule has 0 saturated heterocycles. The summed E-state index contributed by atoms with van der Waals surface area (Å²) in [5, 5.41) is 0. The van der Waals surface area contributed by atoms with Gasteiger partial charge in [0.15, 0.2) is 0 Å². The van der Waals surface area contributed by atoms with E-state index >= 15 is 0 Å². The molecule has 1 nitrogen and oxygen atoms in total. The first-order valence-corrected chi connectivity index (χ1v) is 4.16. The van der Waals surface area contributed by atoms with Crippen LogP contribution in [0.25, 0.3) is 0 Å². The van der Waals surface area contributed by atoms with Crippen molar-refractivity contribution in [2.75, 3.05) is 13.7 Å². The molecular formula is C12H11FO. The Labute approximate surface area is 83.2 Å². The Balaban J connectivity index is 2.68. The van der Waals surface area contributed by atoms with Crippen molar-refractivity contribution in [3.63, 3.8) is 0 Å². The van der Waals surface area contributed by atoms with Gasteiger partial charge in [0.05, 0.1) is 6.61 Å². The molecule has 2 heteroatoms. The molecule has 0 radical (unpaired) electrons. The smallest absolute Gasteiger partial charge is 0.123 e. The lowest BCUT2D eigenvalue weighted by Crippen LogP contribution is -1.89. The number of halogens is 1. The Morgan fingerprint density at radius 2 is 2.07 bits per heavy atom. The van der Waals surface area contributed by atoms with E-state index in [9.17, 15) is 4.39 Å². The molecule has 0 saturated carbocycles. The topological polar surface area (TPSA) is 9.23 Å². The first-order valence-electron chi connectivity index (χ1n) is 4.16. The minimum Gasteiger partial charge on any atom is -0.379 e. The van der Waals surface area contributed by atoms with Gasteiger partial charge < -0.3 is 4.74 Å². The van der Waals surface area contributed by atoms with E-state index in [0.717, 1.165) is 5.56 Å². The Hall–Kier alpha value is -1.59. The van der Waals surface area contributed by atoms with Crippen LogP contribution in [0.1, 0.15) is 5.56 Å². The summed E-state index contributed by atoms with van der Waals surface area (Å²) in [7, 11) is 1.59. The van der Waals surface area contributed by atoms with E-state index in [1.54, 1.807) is 19.2 Å². The minimum absolute atomic E-state index is 0.258. The van der Waals surface area contributed by atoms with E-state index in [1.807, 2.05) is 0 Å². The van der Waals surface area contributed by atoms with Gasteiger partial charge in [0.2, 0.25) is 0 Å². The van der Waals surface area contributed by atoms with Gasteiger partial charge in [0.1, 0.15) is 5.82 Å². The zero-order chi connectivity index (χ0) is 10.4. The van der Waals surface area contributed by atoms with Crippen LogP contribution in [0.3, 0.4) is 0 Å². The van der Waals surface area contributed by atoms with E-state index in [1.165, 1.54) is 12.1 Å². The van der Waals surface area contributed by atoms with Crippen LogP contribution in [0.5, 0.6) is 0 Å². The summed E-state index contributed by atoms with van der Waals surface area (Å²) in [4.78, 5) is 0. The van der Waals surface area contributed by atoms with Crippen LogP contribution in [0.4, 0.5) is 4.39 Å². The molecule has 0 aliphatic carbocycles. The number of methoxy groups -OCH3 is 1. The van der Waals surface area contributed by atoms with Crippen LogP contribution in [0.15, 0.2) is 36.4 Å². The molecule has 1 aromatic carbocycles. The van der Waals surface area contributed by atoms with Crippen molar-refractivity contribution in [1.29, 1.82) is 0 Å². The maximum absolute atomic E-state index is 12.5. The molecule has 0 N–H and O–H groups in total. The highest BCUT2D eigenvalue weighted by Gasteiger charge is 1.89. The van der Waals surface area contributed by atoms with Gasteiger partial charge in [0, 0.05) is 18.2 Å². The number of benzene rings is 1. The molecule has 0 unspecified atom stereocenters. The Kier molecular flexibility index (Phi) is 3.90. The first kappa shape index (κ1) is 10.5. The van der Waals surface area contributed by atoms with E-state index in [4.69, 9.17) is 4.74 Å². The highest BCUT2D eigenvalue weighted by molar-refractivity contribution is 5.39. The van der Waals surface area contributed by atoms with Gasteiger partial charge >= 0.3 is 0 Å². The molecule has 0 fully saturated rings. The average molecular weight is 190 g/mol. The van der Waals surface area contributed by atoms with E-state index in [-0.39, 0.29) is 5.82 Å². The summed E-state index contributed by atoms with van der Waals surface area (Å²) in [6.45, 7) is 4.13. The van der Waals surface area contributed by atoms with Gasteiger partial charge in [-0.2, -0.15) is 0 Å². The summed E-state index contributed by atoms with van der Waals surface area (Å²) in [5.74, 6) is 5.43. The fraction of sp³-hybridized carbons (Fsp3) is 0.167. The zero-order valence-electron chi connectivity index (χ0n) is 8.01. The lowest BCUT2D eigenvalue weighted by molar-refractivity contribution is 0.229. The molecule has 0 atom stereocenters. The van der Waals surface area contributed by atoms with Crippen LogP contribution in [-0.4, -0.2) is 13.7 Å². The molecule has 72 valence electrons. The summed E-state index contributed by atoms with van der Waals surface area (Å²) in [6, 6.07) is 6.01. The van der Waals surface area contributed by atoms with Crippen LogP contribution in [0, 0.1) is 17.7 Å². The quantitative estimate of drug-likeness (QED) is 0.650. The van der Waals surface area contributed by atoms with Crippen molar-refractivity contribution in [1.82, 2.24) is 0 Å². The lowest BCUT2D eigenvalue weighted by Gasteiger charge is -1.93. The fourth-order valence-electron chi connectivity index (χ4n) is 0.904. The van der Waals surface area contributed by atoms with E-state index < -0.39 is 0 Å². The van der Waals surface area contributed by atoms with Gasteiger partial charge in [-0.3, -0.25) is 0 Å². The number of hydrogen-bond acceptors (Lipinski definition) is 1. The van der Waals surface area contributed by atoms with Crippen LogP contribution >= 0.6 is 0 Å². The van der Waals surface area contributed by atoms with Gasteiger partial charge in [-0.05, 0) is 24.3 Å². The minimum atomic E-state index is -0.258. The van der Waals surface area contributed by atoms with E-state index in [0.29, 0.717) is 12.2 Å². The van der Waals surface area contributed by atoms with Gasteiger partial charge in [-0.1, -0.05) is 18.4 Å². The van der Waals surface area contributed by atoms with Crippen molar-refractivity contribution in [3.05, 3.63) is 47.8 Å². The lowest BCUT2D eigenvalue weighted by atomic mass is 10.2. The molecule has 0 aliphatic heterocycles. The molecule has 0 aromatic heterocycles. The third-order valence-corrected chi connectivity index (χ3v) is 1.55. The highest BCUT2D eigenvalue weighted by atomic mass is 19.1. The Morgan fingerprint density at radius 3 is 2.64 bits per heavy atom. The highest BCUT2D eigenvalue weighted by Crippen LogP contribution is 2.01. The normalized spacial score (nSPS) is 9.00. The third kappa shape index (κ3) is 3.42. The first-order chi connectivity index (χ1) is 6.72. The molecule has 0 aliphatic rings. The standard InChI is InChI=1S/C12H11FO/c1-10(9-14-2)3-4-11-5-7-12(13)8-6-11/h5-8H,1,9H2,2H3. The molecule has 0 amide bonds. The second-order valence-corrected chi connectivity index (χ2v) is 2.79. The molecule has 0 spiro atoms. The van der Waals surface area contributed by atoms with Crippen molar-refractivity contribution >= 4 is 0 Å². The van der Waals surface area contributed by atoms with Gasteiger partial charge in [-0.25, -0.2) is 4.39 Å². The Bertz CT molecular complexity index is 368. The van der Waals surface area contributed by atoms with Gasteiger partial charge in [-0.15, -0.1) is 0 Å². The molecule has 1 aromatic rings. The second kappa shape index (κ2) is 5.21. The van der Waals surface area contributed by atoms with Crippen molar-refractivity contribution in [2.45, 2.75) is 0 Å². The summed E-state index contributed by atoms with van der Waals surface area (Å²) in [5.41, 5.74) is 1.47. The van der Waals surface area contributed by atoms with Crippen LogP contribution < -0.4 is 0 Å². The van der Waals surface area contributed by atoms with Crippen molar-refractivity contribution < 1.29 is 9.13 Å². The predicted molar refractivity (Wildman–Crippen MR) is 54.3 cm³/mol. The summed E-state index contributed by atoms with van der Waals surface area (Å²) >= 11 is 0. The predicted octanol–water partition coefficient (Wildman–Crippen LogP) is 2.38. The fourth-order valence-corrected chi connectivity index (χ4v) is 0.904. The van der Waals surface area contributed by atoms with Crippen molar-refractivity contribution in [3.8, 4) is 11.8 Å².